The summed E-state index contributed by atoms with van der Waals surface area (Å²) in [6.45, 7) is 0.0770. The molecule has 2 amide bonds. The number of nitrogens with two attached hydrogens (primary N) is 1. The van der Waals surface area contributed by atoms with Crippen LogP contribution in [0.25, 0.3) is 10.6 Å². The second-order valence-electron chi connectivity index (χ2n) is 5.69. The molecule has 0 aliphatic rings. The number of thiazole rings is 1. The van der Waals surface area contributed by atoms with Gasteiger partial charge in [-0.2, -0.15) is 0 Å². The van der Waals surface area contributed by atoms with Gasteiger partial charge >= 0.3 is 0 Å². The molecule has 3 rings (SSSR count). The summed E-state index contributed by atoms with van der Waals surface area (Å²) in [4.78, 5) is 29.9. The number of halogens is 2. The Kier molecular flexibility index (Phi) is 5.83. The smallest absolute Gasteiger partial charge is 0.277 e. The predicted octanol–water partition coefficient (Wildman–Crippen LogP) is 4.12. The molecule has 0 unspecified atom stereocenters. The molecule has 0 saturated carbocycles. The molecule has 2 N–H and O–H groups in total. The van der Waals surface area contributed by atoms with Crippen LogP contribution in [0.4, 0.5) is 10.1 Å². The van der Waals surface area contributed by atoms with Gasteiger partial charge in [-0.1, -0.05) is 23.7 Å². The van der Waals surface area contributed by atoms with Gasteiger partial charge in [-0.25, -0.2) is 9.37 Å². The van der Waals surface area contributed by atoms with Crippen LogP contribution in [0.1, 0.15) is 16.9 Å². The van der Waals surface area contributed by atoms with Crippen molar-refractivity contribution in [2.45, 2.75) is 6.42 Å². The zero-order chi connectivity index (χ0) is 19.4. The molecule has 0 saturated heterocycles. The molecule has 8 heteroatoms. The van der Waals surface area contributed by atoms with E-state index in [1.54, 1.807) is 17.5 Å². The van der Waals surface area contributed by atoms with Gasteiger partial charge in [0.25, 0.3) is 5.91 Å². The quantitative estimate of drug-likeness (QED) is 0.672. The number of hydrogen-bond donors (Lipinski definition) is 1. The maximum Gasteiger partial charge on any atom is 0.277 e. The number of nitrogens with zero attached hydrogens (tertiary/aromatic N) is 2. The van der Waals surface area contributed by atoms with Gasteiger partial charge in [-0.15, -0.1) is 11.3 Å². The van der Waals surface area contributed by atoms with Crippen molar-refractivity contribution in [3.05, 3.63) is 70.4 Å². The first-order valence-corrected chi connectivity index (χ1v) is 9.27. The van der Waals surface area contributed by atoms with Gasteiger partial charge in [-0.05, 0) is 36.4 Å². The molecule has 138 valence electrons. The summed E-state index contributed by atoms with van der Waals surface area (Å²) in [7, 11) is 0. The Bertz CT molecular complexity index is 958. The zero-order valence-corrected chi connectivity index (χ0v) is 15.6. The largest absolute Gasteiger partial charge is 0.370 e. The first-order valence-electron chi connectivity index (χ1n) is 8.01. The van der Waals surface area contributed by atoms with Crippen LogP contribution in [0.5, 0.6) is 0 Å². The third-order valence-electron chi connectivity index (χ3n) is 3.78. The second kappa shape index (κ2) is 8.28. The van der Waals surface area contributed by atoms with Gasteiger partial charge in [-0.3, -0.25) is 9.59 Å². The van der Waals surface area contributed by atoms with E-state index in [1.165, 1.54) is 40.5 Å². The summed E-state index contributed by atoms with van der Waals surface area (Å²) in [6.07, 6.45) is -0.0166. The molecule has 2 aromatic carbocycles. The molecule has 1 heterocycles. The summed E-state index contributed by atoms with van der Waals surface area (Å²) in [5, 5.41) is 2.93. The lowest BCUT2D eigenvalue weighted by Gasteiger charge is -2.21. The van der Waals surface area contributed by atoms with Crippen molar-refractivity contribution >= 4 is 40.4 Å². The number of rotatable bonds is 6. The lowest BCUT2D eigenvalue weighted by Crippen LogP contribution is -2.34. The fourth-order valence-electron chi connectivity index (χ4n) is 2.43. The highest BCUT2D eigenvalue weighted by Crippen LogP contribution is 2.26. The van der Waals surface area contributed by atoms with Crippen molar-refractivity contribution in [3.8, 4) is 10.6 Å². The van der Waals surface area contributed by atoms with E-state index in [9.17, 15) is 14.0 Å². The second-order valence-corrected chi connectivity index (χ2v) is 6.99. The lowest BCUT2D eigenvalue weighted by atomic mass is 10.2. The Balaban J connectivity index is 1.88. The van der Waals surface area contributed by atoms with Gasteiger partial charge in [0.2, 0.25) is 5.91 Å². The van der Waals surface area contributed by atoms with E-state index < -0.39 is 11.7 Å². The van der Waals surface area contributed by atoms with E-state index in [0.29, 0.717) is 15.7 Å². The number of benzene rings is 2. The molecule has 5 nitrogen and oxygen atoms in total. The van der Waals surface area contributed by atoms with E-state index in [4.69, 9.17) is 17.3 Å². The summed E-state index contributed by atoms with van der Waals surface area (Å²) in [5.41, 5.74) is 6.75. The highest BCUT2D eigenvalue weighted by Gasteiger charge is 2.21. The van der Waals surface area contributed by atoms with Gasteiger partial charge in [0.05, 0.1) is 0 Å². The van der Waals surface area contributed by atoms with E-state index >= 15 is 0 Å². The highest BCUT2D eigenvalue weighted by atomic mass is 35.5. The van der Waals surface area contributed by atoms with E-state index in [2.05, 4.69) is 4.98 Å². The van der Waals surface area contributed by atoms with Crippen LogP contribution in [0.15, 0.2) is 53.9 Å². The zero-order valence-electron chi connectivity index (χ0n) is 14.1. The van der Waals surface area contributed by atoms with Crippen LogP contribution in [0, 0.1) is 5.82 Å². The SMILES string of the molecule is NC(=O)CCN(C(=O)c1csc(-c2ccc(Cl)cc2)n1)c1ccc(F)cc1. The summed E-state index contributed by atoms with van der Waals surface area (Å²) in [5.74, 6) is -1.34. The minimum absolute atomic E-state index is 0.0166. The summed E-state index contributed by atoms with van der Waals surface area (Å²) >= 11 is 7.22. The van der Waals surface area contributed by atoms with E-state index in [-0.39, 0.29) is 24.6 Å². The maximum absolute atomic E-state index is 13.2. The number of amides is 2. The van der Waals surface area contributed by atoms with Gasteiger partial charge in [0.15, 0.2) is 0 Å². The maximum atomic E-state index is 13.2. The number of anilines is 1. The van der Waals surface area contributed by atoms with Crippen molar-refractivity contribution in [1.82, 2.24) is 4.98 Å². The normalized spacial score (nSPS) is 10.6. The van der Waals surface area contributed by atoms with Gasteiger partial charge in [0.1, 0.15) is 16.5 Å². The monoisotopic (exact) mass is 403 g/mol. The van der Waals surface area contributed by atoms with Crippen molar-refractivity contribution in [2.24, 2.45) is 5.73 Å². The Hall–Kier alpha value is -2.77. The molecule has 0 spiro atoms. The molecular weight excluding hydrogens is 389 g/mol. The van der Waals surface area contributed by atoms with Crippen LogP contribution in [-0.2, 0) is 4.79 Å². The predicted molar refractivity (Wildman–Crippen MR) is 104 cm³/mol. The van der Waals surface area contributed by atoms with Crippen LogP contribution in [-0.4, -0.2) is 23.3 Å². The minimum atomic E-state index is -0.532. The summed E-state index contributed by atoms with van der Waals surface area (Å²) < 4.78 is 13.2. The molecular formula is C19H15ClFN3O2S. The topological polar surface area (TPSA) is 76.3 Å². The molecule has 3 aromatic rings. The molecule has 1 aromatic heterocycles. The number of hydrogen-bond acceptors (Lipinski definition) is 4. The van der Waals surface area contributed by atoms with Crippen LogP contribution in [0.2, 0.25) is 5.02 Å². The molecule has 0 radical (unpaired) electrons. The molecule has 0 fully saturated rings. The average molecular weight is 404 g/mol. The van der Waals surface area contributed by atoms with E-state index in [1.807, 2.05) is 12.1 Å². The van der Waals surface area contributed by atoms with Gasteiger partial charge < -0.3 is 10.6 Å². The Morgan fingerprint density at radius 2 is 1.78 bits per heavy atom. The average Bonchev–Trinajstić information content (AvgIpc) is 3.13. The van der Waals surface area contributed by atoms with Crippen molar-refractivity contribution in [3.63, 3.8) is 0 Å². The molecule has 0 bridgehead atoms. The Labute approximate surface area is 164 Å². The van der Waals surface area contributed by atoms with Crippen molar-refractivity contribution in [2.75, 3.05) is 11.4 Å². The van der Waals surface area contributed by atoms with Gasteiger partial charge in [0, 0.05) is 34.6 Å². The fourth-order valence-corrected chi connectivity index (χ4v) is 3.35. The first-order chi connectivity index (χ1) is 12.9. The third kappa shape index (κ3) is 4.69. The van der Waals surface area contributed by atoms with Crippen LogP contribution >= 0.6 is 22.9 Å². The standard InChI is InChI=1S/C19H15ClFN3O2S/c20-13-3-1-12(2-4-13)18-23-16(11-27-18)19(26)24(10-9-17(22)25)15-7-5-14(21)6-8-15/h1-8,11H,9-10H2,(H2,22,25). The molecule has 0 aliphatic heterocycles. The van der Waals surface area contributed by atoms with Crippen molar-refractivity contribution in [1.29, 1.82) is 0 Å². The molecule has 0 aliphatic carbocycles. The molecule has 27 heavy (non-hydrogen) atoms. The Morgan fingerprint density at radius 3 is 2.41 bits per heavy atom. The van der Waals surface area contributed by atoms with Crippen LogP contribution < -0.4 is 10.6 Å². The third-order valence-corrected chi connectivity index (χ3v) is 4.92. The first kappa shape index (κ1) is 19.0. The summed E-state index contributed by atoms with van der Waals surface area (Å²) in [6, 6.07) is 12.6. The number of carbonyl (C=O) groups is 2. The molecule has 0 atom stereocenters. The lowest BCUT2D eigenvalue weighted by molar-refractivity contribution is -0.117. The van der Waals surface area contributed by atoms with Crippen LogP contribution in [0.3, 0.4) is 0 Å². The fraction of sp³-hybridized carbons (Fsp3) is 0.105. The van der Waals surface area contributed by atoms with Crippen molar-refractivity contribution < 1.29 is 14.0 Å². The Morgan fingerprint density at radius 1 is 1.11 bits per heavy atom. The minimum Gasteiger partial charge on any atom is -0.370 e. The number of carbonyl (C=O) groups excluding carboxylic acids is 2. The number of aromatic nitrogens is 1. The highest BCUT2D eigenvalue weighted by molar-refractivity contribution is 7.13. The van der Waals surface area contributed by atoms with E-state index in [0.717, 1.165) is 5.56 Å². The number of primary amides is 1.